The van der Waals surface area contributed by atoms with E-state index in [0.717, 1.165) is 24.0 Å². The molecular formula is C26H18F3N3O2. The van der Waals surface area contributed by atoms with Crippen LogP contribution in [0.5, 0.6) is 11.5 Å². The van der Waals surface area contributed by atoms with Crippen LogP contribution in [0, 0.1) is 17.5 Å². The van der Waals surface area contributed by atoms with E-state index >= 15 is 0 Å². The second-order valence-corrected chi connectivity index (χ2v) is 8.02. The van der Waals surface area contributed by atoms with Crippen LogP contribution in [0.25, 0.3) is 22.3 Å². The number of hydrogen-bond acceptors (Lipinski definition) is 3. The smallest absolute Gasteiger partial charge is 0.199 e. The van der Waals surface area contributed by atoms with E-state index in [4.69, 9.17) is 4.74 Å². The molecule has 5 aromatic rings. The van der Waals surface area contributed by atoms with Crippen molar-refractivity contribution in [3.63, 3.8) is 0 Å². The monoisotopic (exact) mass is 461 g/mol. The molecule has 1 unspecified atom stereocenters. The Morgan fingerprint density at radius 3 is 2.56 bits per heavy atom. The van der Waals surface area contributed by atoms with E-state index in [9.17, 15) is 18.0 Å². The van der Waals surface area contributed by atoms with Gasteiger partial charge >= 0.3 is 0 Å². The van der Waals surface area contributed by atoms with Gasteiger partial charge in [-0.3, -0.25) is 0 Å². The van der Waals surface area contributed by atoms with Gasteiger partial charge in [0.15, 0.2) is 17.4 Å². The van der Waals surface area contributed by atoms with E-state index in [1.165, 1.54) is 30.6 Å². The molecule has 0 spiro atoms. The second-order valence-electron chi connectivity index (χ2n) is 8.02. The summed E-state index contributed by atoms with van der Waals surface area (Å²) in [6.45, 7) is 1.73. The Morgan fingerprint density at radius 1 is 1.00 bits per heavy atom. The highest BCUT2D eigenvalue weighted by Gasteiger charge is 2.31. The van der Waals surface area contributed by atoms with Gasteiger partial charge in [0, 0.05) is 23.8 Å². The molecule has 0 aliphatic heterocycles. The van der Waals surface area contributed by atoms with Crippen LogP contribution in [0.2, 0.25) is 0 Å². The number of aldehydes is 1. The fourth-order valence-electron chi connectivity index (χ4n) is 3.87. The number of hydrogen-bond donors (Lipinski definition) is 2. The molecule has 5 rings (SSSR count). The van der Waals surface area contributed by atoms with Crippen molar-refractivity contribution in [2.24, 2.45) is 0 Å². The third kappa shape index (κ3) is 3.53. The third-order valence-electron chi connectivity index (χ3n) is 5.86. The van der Waals surface area contributed by atoms with Gasteiger partial charge in [-0.25, -0.2) is 18.2 Å². The molecule has 8 heteroatoms. The van der Waals surface area contributed by atoms with Crippen molar-refractivity contribution < 1.29 is 22.7 Å². The number of nitrogens with zero attached hydrogens (tertiary/aromatic N) is 1. The third-order valence-corrected chi connectivity index (χ3v) is 5.86. The molecule has 2 aromatic heterocycles. The highest BCUT2D eigenvalue weighted by atomic mass is 19.1. The molecule has 0 bridgehead atoms. The number of benzene rings is 3. The van der Waals surface area contributed by atoms with E-state index in [1.54, 1.807) is 6.92 Å². The van der Waals surface area contributed by atoms with Crippen molar-refractivity contribution in [1.29, 1.82) is 0 Å². The standard InChI is InChI=1S/C26H18F3N3O2/c1-26(14-33,15-5-3-2-4-6-15)22-13-31-25(32-22)18-11-16(7-8-19(18)27)34-24-20(28)12-21-17(23(24)29)9-10-30-21/h2-14,30H,1H3,(H,31,32). The van der Waals surface area contributed by atoms with Crippen LogP contribution in [-0.4, -0.2) is 21.2 Å². The van der Waals surface area contributed by atoms with Crippen LogP contribution in [0.4, 0.5) is 13.2 Å². The van der Waals surface area contributed by atoms with Crippen LogP contribution in [0.1, 0.15) is 18.2 Å². The summed E-state index contributed by atoms with van der Waals surface area (Å²) in [4.78, 5) is 22.0. The van der Waals surface area contributed by atoms with Crippen LogP contribution >= 0.6 is 0 Å². The molecule has 0 radical (unpaired) electrons. The first-order valence-corrected chi connectivity index (χ1v) is 10.4. The maximum Gasteiger partial charge on any atom is 0.199 e. The molecule has 0 saturated carbocycles. The van der Waals surface area contributed by atoms with Gasteiger partial charge in [-0.2, -0.15) is 0 Å². The average Bonchev–Trinajstić information content (AvgIpc) is 3.53. The summed E-state index contributed by atoms with van der Waals surface area (Å²) in [6, 6.07) is 15.4. The molecule has 1 atom stereocenters. The van der Waals surface area contributed by atoms with Crippen molar-refractivity contribution >= 4 is 17.2 Å². The van der Waals surface area contributed by atoms with Gasteiger partial charge in [0.1, 0.15) is 23.7 Å². The van der Waals surface area contributed by atoms with Gasteiger partial charge in [-0.15, -0.1) is 0 Å². The molecule has 0 aliphatic rings. The molecule has 0 fully saturated rings. The highest BCUT2D eigenvalue weighted by molar-refractivity contribution is 5.82. The summed E-state index contributed by atoms with van der Waals surface area (Å²) >= 11 is 0. The summed E-state index contributed by atoms with van der Waals surface area (Å²) in [5.74, 6) is -2.83. The van der Waals surface area contributed by atoms with Gasteiger partial charge in [-0.1, -0.05) is 30.3 Å². The number of rotatable bonds is 6. The lowest BCUT2D eigenvalue weighted by molar-refractivity contribution is -0.111. The van der Waals surface area contributed by atoms with E-state index in [1.807, 2.05) is 30.3 Å². The maximum atomic E-state index is 14.8. The summed E-state index contributed by atoms with van der Waals surface area (Å²) in [5.41, 5.74) is 0.485. The molecule has 2 N–H and O–H groups in total. The zero-order valence-electron chi connectivity index (χ0n) is 17.9. The van der Waals surface area contributed by atoms with E-state index < -0.39 is 28.6 Å². The van der Waals surface area contributed by atoms with Gasteiger partial charge in [0.2, 0.25) is 0 Å². The zero-order chi connectivity index (χ0) is 23.9. The molecule has 3 aromatic carbocycles. The lowest BCUT2D eigenvalue weighted by atomic mass is 9.81. The minimum Gasteiger partial charge on any atom is -0.451 e. The number of imidazole rings is 1. The number of aromatic amines is 2. The van der Waals surface area contributed by atoms with Crippen LogP contribution in [-0.2, 0) is 10.2 Å². The summed E-state index contributed by atoms with van der Waals surface area (Å²) in [5, 5.41) is 0.170. The lowest BCUT2D eigenvalue weighted by Gasteiger charge is -2.21. The first-order valence-electron chi connectivity index (χ1n) is 10.4. The molecule has 34 heavy (non-hydrogen) atoms. The Hall–Kier alpha value is -4.33. The van der Waals surface area contributed by atoms with Crippen LogP contribution in [0.15, 0.2) is 73.1 Å². The topological polar surface area (TPSA) is 70.8 Å². The number of carbonyl (C=O) groups is 1. The van der Waals surface area contributed by atoms with Gasteiger partial charge < -0.3 is 19.5 Å². The lowest BCUT2D eigenvalue weighted by Crippen LogP contribution is -2.25. The van der Waals surface area contributed by atoms with Crippen molar-refractivity contribution in [1.82, 2.24) is 15.0 Å². The predicted molar refractivity (Wildman–Crippen MR) is 121 cm³/mol. The van der Waals surface area contributed by atoms with E-state index in [0.29, 0.717) is 11.2 Å². The summed E-state index contributed by atoms with van der Waals surface area (Å²) < 4.78 is 49.4. The van der Waals surface area contributed by atoms with Crippen molar-refractivity contribution in [2.75, 3.05) is 0 Å². The number of H-pyrrole nitrogens is 2. The highest BCUT2D eigenvalue weighted by Crippen LogP contribution is 2.35. The SMILES string of the molecule is CC(C=O)(c1ccccc1)c1cnc(-c2cc(Oc3c(F)cc4[nH]ccc4c3F)ccc2F)[nH]1. The Labute approximate surface area is 192 Å². The largest absolute Gasteiger partial charge is 0.451 e. The minimum absolute atomic E-state index is 0.0169. The quantitative estimate of drug-likeness (QED) is 0.293. The fraction of sp³-hybridized carbons (Fsp3) is 0.0769. The molecule has 5 nitrogen and oxygen atoms in total. The van der Waals surface area contributed by atoms with Gasteiger partial charge in [0.05, 0.1) is 22.2 Å². The Balaban J connectivity index is 1.51. The van der Waals surface area contributed by atoms with E-state index in [2.05, 4.69) is 15.0 Å². The Morgan fingerprint density at radius 2 is 1.79 bits per heavy atom. The normalized spacial score (nSPS) is 13.1. The molecule has 0 aliphatic carbocycles. The van der Waals surface area contributed by atoms with Gasteiger partial charge in [-0.05, 0) is 36.8 Å². The zero-order valence-corrected chi connectivity index (χ0v) is 17.9. The number of fused-ring (bicyclic) bond motifs is 1. The summed E-state index contributed by atoms with van der Waals surface area (Å²) in [7, 11) is 0. The predicted octanol–water partition coefficient (Wildman–Crippen LogP) is 6.27. The van der Waals surface area contributed by atoms with Crippen LogP contribution in [0.3, 0.4) is 0 Å². The maximum absolute atomic E-state index is 14.8. The Bertz CT molecular complexity index is 1510. The molecular weight excluding hydrogens is 443 g/mol. The molecule has 0 saturated heterocycles. The van der Waals surface area contributed by atoms with Crippen molar-refractivity contribution in [3.8, 4) is 22.9 Å². The number of halogens is 3. The first kappa shape index (κ1) is 21.5. The first-order chi connectivity index (χ1) is 16.4. The fourth-order valence-corrected chi connectivity index (χ4v) is 3.87. The second kappa shape index (κ2) is 8.22. The van der Waals surface area contributed by atoms with Crippen molar-refractivity contribution in [3.05, 3.63) is 102 Å². The van der Waals surface area contributed by atoms with Gasteiger partial charge in [0.25, 0.3) is 0 Å². The number of nitrogens with one attached hydrogen (secondary N) is 2. The van der Waals surface area contributed by atoms with E-state index in [-0.39, 0.29) is 22.5 Å². The number of carbonyl (C=O) groups excluding carboxylic acids is 1. The minimum atomic E-state index is -1.03. The average molecular weight is 461 g/mol. The van der Waals surface area contributed by atoms with Crippen LogP contribution < -0.4 is 4.74 Å². The number of ether oxygens (including phenoxy) is 1. The number of aromatic nitrogens is 3. The molecule has 2 heterocycles. The molecule has 170 valence electrons. The molecule has 0 amide bonds. The summed E-state index contributed by atoms with van der Waals surface area (Å²) in [6.07, 6.45) is 3.74. The van der Waals surface area contributed by atoms with Crippen molar-refractivity contribution in [2.45, 2.75) is 12.3 Å². The Kier molecular flexibility index (Phi) is 5.20.